The van der Waals surface area contributed by atoms with Crippen LogP contribution in [0.5, 0.6) is 0 Å². The second-order valence-corrected chi connectivity index (χ2v) is 129. The van der Waals surface area contributed by atoms with Crippen molar-refractivity contribution in [1.82, 2.24) is 0 Å². The molecule has 0 aliphatic carbocycles. The van der Waals surface area contributed by atoms with Crippen molar-refractivity contribution in [3.05, 3.63) is 182 Å². The standard InChI is InChI=1S/2C26H32P.2BrH.6HI.2Mn/c2*1-2-3-4-5-6-16-23-27(24-17-10-7-11-18-24,25-19-12-8-13-20-25)26-21-14-9-15-22-26;;;;;;;;;;/h2*7-15,17-22H,2-6,16,23H2,1H3;8*1H;;/q2*+1;;;;;;;;;2*+3/p-8. The van der Waals surface area contributed by atoms with Crippen LogP contribution >= 0.6 is 165 Å². The van der Waals surface area contributed by atoms with Crippen LogP contribution in [0.15, 0.2) is 182 Å². The molecule has 0 bridgehead atoms. The van der Waals surface area contributed by atoms with Gasteiger partial charge in [0.1, 0.15) is 46.4 Å². The Balaban J connectivity index is 0.000000281. The van der Waals surface area contributed by atoms with Crippen molar-refractivity contribution in [2.45, 2.75) is 90.9 Å². The average molecular weight is 1780 g/mol. The number of unbranched alkanes of at least 4 members (excludes halogenated alkanes) is 10. The van der Waals surface area contributed by atoms with Gasteiger partial charge < -0.3 is 0 Å². The Morgan fingerprint density at radius 2 is 0.453 bits per heavy atom. The normalized spacial score (nSPS) is 12.0. The zero-order valence-electron chi connectivity index (χ0n) is 36.9. The molecule has 0 spiro atoms. The Morgan fingerprint density at radius 3 is 0.625 bits per heavy atom. The van der Waals surface area contributed by atoms with Crippen molar-refractivity contribution in [2.24, 2.45) is 0 Å². The first-order valence-corrected chi connectivity index (χ1v) is 54.6. The van der Waals surface area contributed by atoms with Crippen LogP contribution in [0.2, 0.25) is 0 Å². The van der Waals surface area contributed by atoms with Crippen LogP contribution in [0.3, 0.4) is 0 Å². The van der Waals surface area contributed by atoms with Crippen molar-refractivity contribution in [3.8, 4) is 0 Å². The summed E-state index contributed by atoms with van der Waals surface area (Å²) < 4.78 is -1.81. The van der Waals surface area contributed by atoms with Crippen molar-refractivity contribution in [3.63, 3.8) is 0 Å². The molecule has 0 aliphatic heterocycles. The maximum absolute atomic E-state index is 3.48. The fraction of sp³-hybridized carbons (Fsp3) is 0.308. The summed E-state index contributed by atoms with van der Waals surface area (Å²) in [5, 5.41) is 9.06. The molecule has 6 aromatic rings. The molecule has 0 nitrogen and oxygen atoms in total. The molecule has 0 heterocycles. The van der Waals surface area contributed by atoms with E-state index in [0.29, 0.717) is 0 Å². The van der Waals surface area contributed by atoms with E-state index in [2.05, 4.69) is 346 Å². The molecule has 0 amide bonds. The summed E-state index contributed by atoms with van der Waals surface area (Å²) in [5.74, 6) is 0. The van der Waals surface area contributed by atoms with Crippen LogP contribution in [-0.2, 0) is 2.58 Å². The van der Waals surface area contributed by atoms with Gasteiger partial charge in [-0.1, -0.05) is 174 Å². The van der Waals surface area contributed by atoms with Crippen LogP contribution in [0.1, 0.15) is 90.9 Å². The second-order valence-electron chi connectivity index (χ2n) is 15.3. The fourth-order valence-electron chi connectivity index (χ4n) is 8.02. The van der Waals surface area contributed by atoms with Gasteiger partial charge in [-0.3, -0.25) is 0 Å². The molecule has 0 aliphatic rings. The summed E-state index contributed by atoms with van der Waals surface area (Å²) in [5.41, 5.74) is 0. The predicted octanol–water partition coefficient (Wildman–Crippen LogP) is 19.7. The third kappa shape index (κ3) is 23.9. The number of hydrogen-bond acceptors (Lipinski definition) is 0. The van der Waals surface area contributed by atoms with E-state index in [4.69, 9.17) is 0 Å². The molecule has 64 heavy (non-hydrogen) atoms. The Bertz CT molecular complexity index is 1690. The minimum atomic E-state index is -1.61. The summed E-state index contributed by atoms with van der Waals surface area (Å²) in [4.78, 5) is 0. The van der Waals surface area contributed by atoms with E-state index in [9.17, 15) is 0 Å². The van der Waals surface area contributed by atoms with E-state index in [1.54, 1.807) is 0 Å². The number of rotatable bonds is 20. The van der Waals surface area contributed by atoms with Crippen molar-refractivity contribution in [2.75, 3.05) is 12.3 Å². The molecular formula is C52H64Br2I6Mn2P2. The average Bonchev–Trinajstić information content (AvgIpc) is 3.30. The zero-order chi connectivity index (χ0) is 46.6. The number of benzene rings is 6. The third-order valence-electron chi connectivity index (χ3n) is 10.9. The molecule has 0 aromatic heterocycles. The van der Waals surface area contributed by atoms with Gasteiger partial charge in [0.15, 0.2) is 0 Å². The monoisotopic (exact) mass is 1780 g/mol. The van der Waals surface area contributed by atoms with E-state index < -0.39 is 17.1 Å². The van der Waals surface area contributed by atoms with Crippen LogP contribution in [0.25, 0.3) is 0 Å². The van der Waals surface area contributed by atoms with Crippen LogP contribution in [0.4, 0.5) is 0 Å². The number of hydrogen-bond donors (Lipinski definition) is 0. The zero-order valence-corrected chi connectivity index (χ0v) is 57.2. The van der Waals surface area contributed by atoms with Crippen LogP contribution in [0, 0.1) is 0 Å². The van der Waals surface area contributed by atoms with Gasteiger partial charge in [0, 0.05) is 0 Å². The number of halogens is 8. The molecule has 0 N–H and O–H groups in total. The molecule has 0 saturated carbocycles. The SMILES string of the molecule is CCCCCCCC[P+](c1ccccc1)(c1ccccc1)c1ccccc1.CCCCCCCC[P+](c1ccccc1)(c1ccccc1)c1ccccc1.[Br][Mn-]([I])([I])[I].[Br][Mn-]([I])([I])[I]. The summed E-state index contributed by atoms with van der Waals surface area (Å²) in [6, 6.07) is 67.5. The van der Waals surface area contributed by atoms with Gasteiger partial charge >= 0.3 is 153 Å². The summed E-state index contributed by atoms with van der Waals surface area (Å²) in [7, 11) is -3.22. The minimum absolute atomic E-state index is 0.903. The Labute approximate surface area is 476 Å². The van der Waals surface area contributed by atoms with E-state index in [0.717, 1.165) is 0 Å². The fourth-order valence-corrected chi connectivity index (χ4v) is 16.8. The van der Waals surface area contributed by atoms with Crippen LogP contribution in [-0.4, -0.2) is 12.3 Å². The second kappa shape index (κ2) is 34.8. The molecule has 352 valence electrons. The Morgan fingerprint density at radius 1 is 0.297 bits per heavy atom. The first-order chi connectivity index (χ1) is 30.8. The molecule has 12 heteroatoms. The van der Waals surface area contributed by atoms with Gasteiger partial charge in [0.25, 0.3) is 0 Å². The van der Waals surface area contributed by atoms with Gasteiger partial charge in [0.2, 0.25) is 0 Å². The maximum atomic E-state index is 3.48. The molecule has 0 atom stereocenters. The van der Waals surface area contributed by atoms with Gasteiger partial charge in [-0.15, -0.1) is 0 Å². The first kappa shape index (κ1) is 60.9. The van der Waals surface area contributed by atoms with Gasteiger partial charge in [-0.05, 0) is 98.5 Å². The molecular weight excluding hydrogens is 1720 g/mol. The van der Waals surface area contributed by atoms with E-state index >= 15 is 0 Å². The Kier molecular flexibility index (Phi) is 33.1. The quantitative estimate of drug-likeness (QED) is 0.0309. The van der Waals surface area contributed by atoms with E-state index in [-0.39, 0.29) is 0 Å². The van der Waals surface area contributed by atoms with E-state index in [1.807, 2.05) is 0 Å². The molecule has 0 radical (unpaired) electrons. The molecule has 0 fully saturated rings. The van der Waals surface area contributed by atoms with E-state index in [1.165, 1.54) is 121 Å². The molecule has 0 saturated heterocycles. The summed E-state index contributed by atoms with van der Waals surface area (Å²) in [6.45, 7) is 4.58. The molecule has 0 unspecified atom stereocenters. The first-order valence-electron chi connectivity index (χ1n) is 22.0. The van der Waals surface area contributed by atoms with Crippen molar-refractivity contribution < 1.29 is 2.58 Å². The Hall–Kier alpha value is 2.56. The third-order valence-corrected chi connectivity index (χ3v) is 19.9. The summed E-state index contributed by atoms with van der Waals surface area (Å²) in [6.07, 6.45) is 18.7. The van der Waals surface area contributed by atoms with Gasteiger partial charge in [0.05, 0.1) is 12.3 Å². The summed E-state index contributed by atoms with van der Waals surface area (Å²) >= 11 is 21.4. The van der Waals surface area contributed by atoms with Gasteiger partial charge in [-0.2, -0.15) is 0 Å². The topological polar surface area (TPSA) is 0 Å². The van der Waals surface area contributed by atoms with Crippen molar-refractivity contribution in [1.29, 1.82) is 0 Å². The molecule has 6 rings (SSSR count). The predicted molar refractivity (Wildman–Crippen MR) is 349 cm³/mol. The van der Waals surface area contributed by atoms with Crippen molar-refractivity contribution >= 4 is 197 Å². The van der Waals surface area contributed by atoms with Crippen LogP contribution < -0.4 is 31.8 Å². The van der Waals surface area contributed by atoms with Gasteiger partial charge in [-0.25, -0.2) is 0 Å². The molecule has 6 aromatic carbocycles.